The Bertz CT molecular complexity index is 1470. The van der Waals surface area contributed by atoms with Crippen LogP contribution in [0.1, 0.15) is 181 Å². The number of aliphatic hydroxyl groups excluding tert-OH is 2. The van der Waals surface area contributed by atoms with Crippen LogP contribution >= 0.6 is 15.6 Å². The van der Waals surface area contributed by atoms with Crippen LogP contribution in [-0.4, -0.2) is 81.6 Å². The standard InChI is InChI=1S/C50H88O14P2/c1-4-5-6-7-8-9-10-15-19-22-25-28-32-37-46(51)38-33-30-35-40-50(54)64-48(44-63-66(58,59)62-42-47(52)41-61-65(55,56)57)43-60-49(53)39-34-29-26-23-20-17-14-12-11-13-16-18-21-24-27-31-36-45(2)3/h5-6,8-9,15,19,25,28,30,32-33,37,45-48,51-52H,4,7,10-14,16-18,20-24,26-27,29,31,34-36,38-44H2,1-3H3,(H,58,59)(H2,55,56,57)/b6-5-,9-8-,19-15-,28-25-,33-30-,37-32-/t46?,47-,48+/m0/s1. The summed E-state index contributed by atoms with van der Waals surface area (Å²) >= 11 is 0. The van der Waals surface area contributed by atoms with Gasteiger partial charge in [-0.05, 0) is 50.9 Å². The van der Waals surface area contributed by atoms with E-state index in [1.54, 1.807) is 24.3 Å². The van der Waals surface area contributed by atoms with E-state index in [9.17, 15) is 33.8 Å². The van der Waals surface area contributed by atoms with E-state index in [0.29, 0.717) is 12.8 Å². The Hall–Kier alpha value is -2.48. The molecule has 0 saturated heterocycles. The summed E-state index contributed by atoms with van der Waals surface area (Å²) in [6.45, 7) is 3.80. The first-order chi connectivity index (χ1) is 31.6. The topological polar surface area (TPSA) is 216 Å². The van der Waals surface area contributed by atoms with Crippen LogP contribution < -0.4 is 0 Å². The molecular weight excluding hydrogens is 886 g/mol. The molecule has 382 valence electrons. The maximum atomic E-state index is 12.7. The highest BCUT2D eigenvalue weighted by Gasteiger charge is 2.28. The van der Waals surface area contributed by atoms with Gasteiger partial charge in [-0.15, -0.1) is 0 Å². The number of ether oxygens (including phenoxy) is 2. The SMILES string of the molecule is CC/C=C\C/C=C\C/C=C\C/C=C\C=C/C(O)C/C=C\CCC(=O)O[C@H](COC(=O)CCCCCCCCCCCCCCCCCCC(C)C)COP(=O)(O)OC[C@@H](O)COP(=O)(O)O. The summed E-state index contributed by atoms with van der Waals surface area (Å²) in [6.07, 6.45) is 45.0. The molecule has 0 saturated carbocycles. The molecule has 0 aliphatic carbocycles. The van der Waals surface area contributed by atoms with E-state index in [2.05, 4.69) is 66.3 Å². The number of carbonyl (C=O) groups is 2. The maximum Gasteiger partial charge on any atom is 0.472 e. The van der Waals surface area contributed by atoms with Gasteiger partial charge in [0.15, 0.2) is 6.10 Å². The first-order valence-electron chi connectivity index (χ1n) is 24.6. The summed E-state index contributed by atoms with van der Waals surface area (Å²) in [7, 11) is -9.75. The predicted octanol–water partition coefficient (Wildman–Crippen LogP) is 12.2. The van der Waals surface area contributed by atoms with Gasteiger partial charge in [-0.3, -0.25) is 23.2 Å². The van der Waals surface area contributed by atoms with Crippen molar-refractivity contribution in [3.05, 3.63) is 72.9 Å². The molecule has 14 nitrogen and oxygen atoms in total. The number of carbonyl (C=O) groups excluding carboxylic acids is 2. The van der Waals surface area contributed by atoms with E-state index in [1.807, 2.05) is 12.2 Å². The molecule has 0 bridgehead atoms. The van der Waals surface area contributed by atoms with Crippen molar-refractivity contribution >= 4 is 27.6 Å². The molecule has 16 heteroatoms. The average molecular weight is 975 g/mol. The summed E-state index contributed by atoms with van der Waals surface area (Å²) < 4.78 is 47.8. The minimum Gasteiger partial charge on any atom is -0.462 e. The van der Waals surface area contributed by atoms with Crippen LogP contribution in [0.3, 0.4) is 0 Å². The normalized spacial score (nSPS) is 15.0. The molecule has 0 aromatic heterocycles. The molecule has 0 fully saturated rings. The molecule has 5 N–H and O–H groups in total. The second-order valence-corrected chi connectivity index (χ2v) is 19.7. The minimum absolute atomic E-state index is 0.0766. The molecule has 4 atom stereocenters. The van der Waals surface area contributed by atoms with Gasteiger partial charge in [0.25, 0.3) is 0 Å². The lowest BCUT2D eigenvalue weighted by Gasteiger charge is -2.20. The molecule has 66 heavy (non-hydrogen) atoms. The van der Waals surface area contributed by atoms with Crippen molar-refractivity contribution in [2.24, 2.45) is 5.92 Å². The highest BCUT2D eigenvalue weighted by atomic mass is 31.2. The molecule has 0 rings (SSSR count). The number of esters is 2. The fourth-order valence-electron chi connectivity index (χ4n) is 6.41. The van der Waals surface area contributed by atoms with Crippen molar-refractivity contribution in [2.45, 2.75) is 200 Å². The van der Waals surface area contributed by atoms with E-state index in [1.165, 1.54) is 83.5 Å². The quantitative estimate of drug-likeness (QED) is 0.0126. The van der Waals surface area contributed by atoms with E-state index in [-0.39, 0.29) is 19.3 Å². The Kier molecular flexibility index (Phi) is 42.1. The zero-order valence-electron chi connectivity index (χ0n) is 40.5. The zero-order valence-corrected chi connectivity index (χ0v) is 42.3. The Morgan fingerprint density at radius 3 is 1.59 bits per heavy atom. The van der Waals surface area contributed by atoms with Gasteiger partial charge in [0, 0.05) is 12.8 Å². The molecule has 0 aromatic carbocycles. The van der Waals surface area contributed by atoms with Gasteiger partial charge < -0.3 is 34.4 Å². The van der Waals surface area contributed by atoms with Crippen LogP contribution in [0, 0.1) is 5.92 Å². The number of aliphatic hydroxyl groups is 2. The van der Waals surface area contributed by atoms with Crippen LogP contribution in [0.2, 0.25) is 0 Å². The van der Waals surface area contributed by atoms with Crippen molar-refractivity contribution < 1.29 is 66.7 Å². The number of phosphoric acid groups is 2. The predicted molar refractivity (Wildman–Crippen MR) is 263 cm³/mol. The number of allylic oxidation sites excluding steroid dienone is 10. The molecule has 0 heterocycles. The molecule has 0 aromatic rings. The Labute approximate surface area is 397 Å². The number of hydrogen-bond donors (Lipinski definition) is 5. The fraction of sp³-hybridized carbons (Fsp3) is 0.720. The summed E-state index contributed by atoms with van der Waals surface area (Å²) in [5.41, 5.74) is 0. The summed E-state index contributed by atoms with van der Waals surface area (Å²) in [5, 5.41) is 20.0. The van der Waals surface area contributed by atoms with Crippen LogP contribution in [-0.2, 0) is 41.8 Å². The zero-order chi connectivity index (χ0) is 49.0. The summed E-state index contributed by atoms with van der Waals surface area (Å²) in [4.78, 5) is 52.9. The van der Waals surface area contributed by atoms with Gasteiger partial charge in [0.2, 0.25) is 0 Å². The van der Waals surface area contributed by atoms with Gasteiger partial charge in [0.05, 0.1) is 25.9 Å². The first-order valence-corrected chi connectivity index (χ1v) is 27.6. The first kappa shape index (κ1) is 63.5. The van der Waals surface area contributed by atoms with Gasteiger partial charge in [0.1, 0.15) is 12.7 Å². The smallest absolute Gasteiger partial charge is 0.462 e. The highest BCUT2D eigenvalue weighted by molar-refractivity contribution is 7.47. The van der Waals surface area contributed by atoms with Gasteiger partial charge in [-0.1, -0.05) is 196 Å². The van der Waals surface area contributed by atoms with E-state index in [0.717, 1.165) is 50.9 Å². The van der Waals surface area contributed by atoms with Crippen molar-refractivity contribution in [1.82, 2.24) is 0 Å². The lowest BCUT2D eigenvalue weighted by atomic mass is 10.0. The number of rotatable bonds is 45. The summed E-state index contributed by atoms with van der Waals surface area (Å²) in [6, 6.07) is 0. The molecule has 2 unspecified atom stereocenters. The van der Waals surface area contributed by atoms with E-state index < -0.39 is 72.3 Å². The van der Waals surface area contributed by atoms with Crippen LogP contribution in [0.15, 0.2) is 72.9 Å². The van der Waals surface area contributed by atoms with Crippen molar-refractivity contribution in [3.8, 4) is 0 Å². The van der Waals surface area contributed by atoms with Gasteiger partial charge >= 0.3 is 27.6 Å². The van der Waals surface area contributed by atoms with E-state index >= 15 is 0 Å². The molecule has 0 radical (unpaired) electrons. The number of phosphoric ester groups is 2. The molecule has 0 amide bonds. The van der Waals surface area contributed by atoms with E-state index in [4.69, 9.17) is 23.8 Å². The van der Waals surface area contributed by atoms with Crippen LogP contribution in [0.5, 0.6) is 0 Å². The molecule has 0 aliphatic heterocycles. The second-order valence-electron chi connectivity index (χ2n) is 17.0. The highest BCUT2D eigenvalue weighted by Crippen LogP contribution is 2.43. The molecule has 0 spiro atoms. The van der Waals surface area contributed by atoms with Crippen LogP contribution in [0.25, 0.3) is 0 Å². The number of unbranched alkanes of at least 4 members (excludes halogenated alkanes) is 15. The van der Waals surface area contributed by atoms with Crippen molar-refractivity contribution in [3.63, 3.8) is 0 Å². The lowest BCUT2D eigenvalue weighted by molar-refractivity contribution is -0.161. The van der Waals surface area contributed by atoms with Gasteiger partial charge in [-0.2, -0.15) is 0 Å². The Morgan fingerprint density at radius 1 is 0.545 bits per heavy atom. The summed E-state index contributed by atoms with van der Waals surface area (Å²) in [5.74, 6) is -0.395. The van der Waals surface area contributed by atoms with Crippen LogP contribution in [0.4, 0.5) is 0 Å². The third-order valence-corrected chi connectivity index (χ3v) is 11.6. The largest absolute Gasteiger partial charge is 0.472 e. The molecule has 0 aliphatic rings. The third kappa shape index (κ3) is 48.0. The average Bonchev–Trinajstić information content (AvgIpc) is 3.26. The molecular formula is C50H88O14P2. The van der Waals surface area contributed by atoms with Crippen molar-refractivity contribution in [2.75, 3.05) is 26.4 Å². The Morgan fingerprint density at radius 2 is 1.05 bits per heavy atom. The lowest BCUT2D eigenvalue weighted by Crippen LogP contribution is -2.29. The minimum atomic E-state index is -4.89. The monoisotopic (exact) mass is 975 g/mol. The Balaban J connectivity index is 4.63. The number of hydrogen-bond acceptors (Lipinski definition) is 11. The fourth-order valence-corrected chi connectivity index (χ4v) is 7.56. The van der Waals surface area contributed by atoms with Crippen molar-refractivity contribution in [1.29, 1.82) is 0 Å². The van der Waals surface area contributed by atoms with Gasteiger partial charge in [-0.25, -0.2) is 9.13 Å². The second kappa shape index (κ2) is 43.8. The third-order valence-electron chi connectivity index (χ3n) is 10.1. The maximum absolute atomic E-state index is 12.7.